The van der Waals surface area contributed by atoms with Crippen molar-refractivity contribution in [2.45, 2.75) is 23.2 Å². The summed E-state index contributed by atoms with van der Waals surface area (Å²) in [6.45, 7) is -4.17. The van der Waals surface area contributed by atoms with Crippen LogP contribution >= 0.6 is 11.8 Å². The van der Waals surface area contributed by atoms with E-state index in [0.29, 0.717) is 16.2 Å². The largest absolute Gasteiger partial charge is 0.497 e. The molecule has 7 heteroatoms. The zero-order chi connectivity index (χ0) is 24.6. The summed E-state index contributed by atoms with van der Waals surface area (Å²) in [7, 11) is 4.32. The molecule has 0 unspecified atom stereocenters. The van der Waals surface area contributed by atoms with Crippen molar-refractivity contribution in [2.75, 3.05) is 39.1 Å². The number of hydrogen-bond acceptors (Lipinski definition) is 6. The molecule has 0 spiro atoms. The second-order valence-electron chi connectivity index (χ2n) is 6.60. The van der Waals surface area contributed by atoms with Crippen molar-refractivity contribution in [3.8, 4) is 5.75 Å². The Bertz CT molecular complexity index is 1030. The lowest BCUT2D eigenvalue weighted by Crippen LogP contribution is -2.45. The maximum atomic E-state index is 13.9. The first-order valence-corrected chi connectivity index (χ1v) is 9.88. The number of thioether (sulfide) groups is 1. The summed E-state index contributed by atoms with van der Waals surface area (Å²) in [5, 5.41) is -0.695. The number of esters is 1. The van der Waals surface area contributed by atoms with Gasteiger partial charge >= 0.3 is 5.97 Å². The Labute approximate surface area is 181 Å². The molecule has 0 aromatic heterocycles. The van der Waals surface area contributed by atoms with Crippen LogP contribution in [0.4, 0.5) is 5.69 Å². The van der Waals surface area contributed by atoms with Gasteiger partial charge in [0, 0.05) is 27.6 Å². The summed E-state index contributed by atoms with van der Waals surface area (Å²) < 4.78 is 44.8. The summed E-state index contributed by atoms with van der Waals surface area (Å²) in [6, 6.07) is 13.7. The second-order valence-corrected chi connectivity index (χ2v) is 7.78. The number of anilines is 1. The number of carbonyl (C=O) groups excluding carboxylic acids is 2. The van der Waals surface area contributed by atoms with Crippen molar-refractivity contribution < 1.29 is 24.5 Å². The van der Waals surface area contributed by atoms with Gasteiger partial charge in [-0.05, 0) is 43.9 Å². The molecule has 6 nitrogen and oxygen atoms in total. The van der Waals surface area contributed by atoms with Crippen molar-refractivity contribution in [3.63, 3.8) is 0 Å². The van der Waals surface area contributed by atoms with E-state index in [9.17, 15) is 9.59 Å². The standard InChI is InChI=1S/C22H26N2O4S/c1-15(25)28-20-21(16-9-11-17(27-4)12-10-16)29-19-8-6-5-7-18(19)24(22(20)26)14-13-23(2)3/h5-12,20-21H,13-14H2,1-4H3/t20-,21+/m1/s1/i13D2,14D2. The Morgan fingerprint density at radius 1 is 1.21 bits per heavy atom. The van der Waals surface area contributed by atoms with Crippen LogP contribution < -0.4 is 9.64 Å². The number of hydrogen-bond donors (Lipinski definition) is 0. The van der Waals surface area contributed by atoms with Gasteiger partial charge in [0.2, 0.25) is 0 Å². The van der Waals surface area contributed by atoms with E-state index in [1.807, 2.05) is 0 Å². The molecule has 0 aliphatic carbocycles. The number of amides is 1. The highest BCUT2D eigenvalue weighted by Gasteiger charge is 2.40. The highest BCUT2D eigenvalue weighted by molar-refractivity contribution is 7.99. The first kappa shape index (κ1) is 16.3. The van der Waals surface area contributed by atoms with E-state index in [1.165, 1.54) is 39.9 Å². The van der Waals surface area contributed by atoms with E-state index in [0.717, 1.165) is 9.80 Å². The Morgan fingerprint density at radius 2 is 1.90 bits per heavy atom. The number of methoxy groups -OCH3 is 1. The molecular weight excluding hydrogens is 388 g/mol. The Morgan fingerprint density at radius 3 is 2.52 bits per heavy atom. The van der Waals surface area contributed by atoms with E-state index in [4.69, 9.17) is 15.0 Å². The van der Waals surface area contributed by atoms with Crippen LogP contribution in [-0.4, -0.2) is 57.1 Å². The van der Waals surface area contributed by atoms with Gasteiger partial charge < -0.3 is 19.3 Å². The molecule has 1 amide bonds. The van der Waals surface area contributed by atoms with Gasteiger partial charge in [-0.2, -0.15) is 0 Å². The fourth-order valence-electron chi connectivity index (χ4n) is 2.91. The van der Waals surface area contributed by atoms with Gasteiger partial charge in [0.05, 0.1) is 20.8 Å². The summed E-state index contributed by atoms with van der Waals surface area (Å²) in [6.07, 6.45) is -1.39. The molecule has 2 aromatic rings. The third kappa shape index (κ3) is 4.92. The zero-order valence-electron chi connectivity index (χ0n) is 20.7. The predicted molar refractivity (Wildman–Crippen MR) is 114 cm³/mol. The number of fused-ring (bicyclic) bond motifs is 1. The SMILES string of the molecule is [2H]C([2H])(N(C)C)C([2H])([2H])N1C(=O)[C@H](OC(C)=O)[C@H](c2ccc(OC)cc2)Sc2ccccc21. The van der Waals surface area contributed by atoms with Crippen LogP contribution in [0.5, 0.6) is 5.75 Å². The minimum Gasteiger partial charge on any atom is -0.497 e. The molecule has 0 fully saturated rings. The summed E-state index contributed by atoms with van der Waals surface area (Å²) >= 11 is 1.25. The molecule has 29 heavy (non-hydrogen) atoms. The number of nitrogens with zero attached hydrogens (tertiary/aromatic N) is 2. The molecule has 0 bridgehead atoms. The van der Waals surface area contributed by atoms with Crippen LogP contribution in [0.3, 0.4) is 0 Å². The van der Waals surface area contributed by atoms with Gasteiger partial charge in [-0.15, -0.1) is 11.8 Å². The van der Waals surface area contributed by atoms with Crippen LogP contribution in [0.25, 0.3) is 0 Å². The highest BCUT2D eigenvalue weighted by Crippen LogP contribution is 2.46. The summed E-state index contributed by atoms with van der Waals surface area (Å²) in [4.78, 5) is 28.2. The lowest BCUT2D eigenvalue weighted by molar-refractivity contribution is -0.152. The van der Waals surface area contributed by atoms with Crippen LogP contribution in [0, 0.1) is 0 Å². The third-order valence-corrected chi connectivity index (χ3v) is 5.59. The molecule has 0 saturated carbocycles. The molecule has 0 N–H and O–H groups in total. The van der Waals surface area contributed by atoms with Crippen molar-refractivity contribution in [1.29, 1.82) is 0 Å². The van der Waals surface area contributed by atoms with Crippen molar-refractivity contribution in [1.82, 2.24) is 4.90 Å². The minimum atomic E-state index is -2.79. The van der Waals surface area contributed by atoms with Gasteiger partial charge in [-0.3, -0.25) is 9.59 Å². The number of carbonyl (C=O) groups is 2. The first-order valence-electron chi connectivity index (χ1n) is 11.0. The van der Waals surface area contributed by atoms with E-state index in [1.54, 1.807) is 48.5 Å². The van der Waals surface area contributed by atoms with E-state index in [2.05, 4.69) is 0 Å². The van der Waals surface area contributed by atoms with Gasteiger partial charge in [0.15, 0.2) is 6.10 Å². The predicted octanol–water partition coefficient (Wildman–Crippen LogP) is 3.37. The van der Waals surface area contributed by atoms with Gasteiger partial charge in [-0.25, -0.2) is 0 Å². The van der Waals surface area contributed by atoms with Gasteiger partial charge in [-0.1, -0.05) is 24.3 Å². The summed E-state index contributed by atoms with van der Waals surface area (Å²) in [5.41, 5.74) is 0.879. The topological polar surface area (TPSA) is 59.1 Å². The molecule has 2 atom stereocenters. The minimum absolute atomic E-state index is 0.205. The average molecular weight is 419 g/mol. The van der Waals surface area contributed by atoms with E-state index in [-0.39, 0.29) is 5.69 Å². The monoisotopic (exact) mass is 418 g/mol. The first-order chi connectivity index (χ1) is 15.4. The van der Waals surface area contributed by atoms with Crippen molar-refractivity contribution in [3.05, 3.63) is 54.1 Å². The molecule has 2 aromatic carbocycles. The maximum Gasteiger partial charge on any atom is 0.303 e. The fraction of sp³-hybridized carbons (Fsp3) is 0.364. The normalized spacial score (nSPS) is 22.0. The summed E-state index contributed by atoms with van der Waals surface area (Å²) in [5.74, 6) is -0.931. The van der Waals surface area contributed by atoms with Crippen LogP contribution in [0.1, 0.15) is 23.2 Å². The lowest BCUT2D eigenvalue weighted by atomic mass is 10.1. The van der Waals surface area contributed by atoms with E-state index < -0.39 is 36.2 Å². The number of rotatable bonds is 6. The molecule has 154 valence electrons. The molecular formula is C22H26N2O4S. The molecule has 1 heterocycles. The Balaban J connectivity index is 2.22. The fourth-order valence-corrected chi connectivity index (χ4v) is 4.21. The molecule has 3 rings (SSSR count). The number of likely N-dealkylation sites (N-methyl/N-ethyl adjacent to an activating group) is 1. The van der Waals surface area contributed by atoms with Crippen LogP contribution in [-0.2, 0) is 14.3 Å². The molecule has 0 saturated heterocycles. The number of para-hydroxylation sites is 1. The Kier molecular flexibility index (Phi) is 5.24. The Hall–Kier alpha value is -2.51. The highest BCUT2D eigenvalue weighted by atomic mass is 32.2. The van der Waals surface area contributed by atoms with Crippen LogP contribution in [0.2, 0.25) is 0 Å². The molecule has 1 aliphatic heterocycles. The lowest BCUT2D eigenvalue weighted by Gasteiger charge is -2.28. The van der Waals surface area contributed by atoms with E-state index >= 15 is 0 Å². The number of benzene rings is 2. The average Bonchev–Trinajstić information content (AvgIpc) is 2.88. The zero-order valence-corrected chi connectivity index (χ0v) is 17.5. The molecule has 1 aliphatic rings. The maximum absolute atomic E-state index is 13.9. The van der Waals surface area contributed by atoms with Gasteiger partial charge in [0.25, 0.3) is 5.91 Å². The second kappa shape index (κ2) is 9.33. The quantitative estimate of drug-likeness (QED) is 0.671. The smallest absolute Gasteiger partial charge is 0.303 e. The third-order valence-electron chi connectivity index (χ3n) is 4.22. The molecule has 0 radical (unpaired) electrons. The van der Waals surface area contributed by atoms with Crippen molar-refractivity contribution >= 4 is 29.3 Å². The van der Waals surface area contributed by atoms with Gasteiger partial charge in [0.1, 0.15) is 5.75 Å². The van der Waals surface area contributed by atoms with Crippen molar-refractivity contribution in [2.24, 2.45) is 0 Å². The number of ether oxygens (including phenoxy) is 2. The van der Waals surface area contributed by atoms with Crippen LogP contribution in [0.15, 0.2) is 53.4 Å².